The number of nitrogens with zero attached hydrogens (tertiary/aromatic N) is 2. The molecule has 0 saturated carbocycles. The van der Waals surface area contributed by atoms with Crippen molar-refractivity contribution >= 4 is 11.8 Å². The Balaban J connectivity index is 1.56. The average Bonchev–Trinajstić information content (AvgIpc) is 2.82. The van der Waals surface area contributed by atoms with E-state index in [9.17, 15) is 0 Å². The van der Waals surface area contributed by atoms with E-state index in [4.69, 9.17) is 5.73 Å². The molecule has 132 valence electrons. The fraction of sp³-hybridized carbons (Fsp3) is 0.500. The first-order valence-corrected chi connectivity index (χ1v) is 9.53. The molecule has 1 fully saturated rings. The summed E-state index contributed by atoms with van der Waals surface area (Å²) < 4.78 is 0. The molecule has 1 unspecified atom stereocenters. The quantitative estimate of drug-likeness (QED) is 0.799. The maximum Gasteiger partial charge on any atom is 0.222 e. The fourth-order valence-corrected chi connectivity index (χ4v) is 4.07. The molecule has 1 atom stereocenters. The van der Waals surface area contributed by atoms with E-state index >= 15 is 0 Å². The number of aromatic nitrogens is 2. The topological polar surface area (TPSA) is 75.9 Å². The molecule has 1 aromatic carbocycles. The van der Waals surface area contributed by atoms with E-state index in [1.807, 2.05) is 0 Å². The number of nitrogen functional groups attached to an aromatic ring is 1. The van der Waals surface area contributed by atoms with Crippen molar-refractivity contribution in [2.45, 2.75) is 51.0 Å². The van der Waals surface area contributed by atoms with Gasteiger partial charge in [-0.3, -0.25) is 0 Å². The number of nitrogens with two attached hydrogens (primary N) is 1. The number of hydrogen-bond acceptors (Lipinski definition) is 5. The van der Waals surface area contributed by atoms with Crippen LogP contribution in [0.15, 0.2) is 24.3 Å². The van der Waals surface area contributed by atoms with Gasteiger partial charge in [0.2, 0.25) is 5.95 Å². The molecular weight excluding hydrogens is 310 g/mol. The van der Waals surface area contributed by atoms with E-state index in [2.05, 4.69) is 44.9 Å². The second kappa shape index (κ2) is 7.40. The number of hydrogen-bond donors (Lipinski definition) is 3. The normalized spacial score (nSPS) is 19.6. The van der Waals surface area contributed by atoms with Crippen molar-refractivity contribution in [3.63, 3.8) is 0 Å². The van der Waals surface area contributed by atoms with Gasteiger partial charge in [0.15, 0.2) is 0 Å². The summed E-state index contributed by atoms with van der Waals surface area (Å²) in [7, 11) is 0. The Kier molecular flexibility index (Phi) is 4.83. The van der Waals surface area contributed by atoms with Crippen LogP contribution < -0.4 is 16.4 Å². The van der Waals surface area contributed by atoms with Crippen LogP contribution >= 0.6 is 0 Å². The summed E-state index contributed by atoms with van der Waals surface area (Å²) in [5.74, 6) is 1.28. The van der Waals surface area contributed by atoms with Gasteiger partial charge in [-0.1, -0.05) is 30.7 Å². The highest BCUT2D eigenvalue weighted by Gasteiger charge is 2.20. The van der Waals surface area contributed by atoms with Crippen LogP contribution in [0.25, 0.3) is 11.3 Å². The number of anilines is 2. The number of rotatable bonds is 4. The van der Waals surface area contributed by atoms with Crippen molar-refractivity contribution in [2.24, 2.45) is 0 Å². The minimum absolute atomic E-state index is 0.355. The molecule has 2 aromatic rings. The van der Waals surface area contributed by atoms with Crippen LogP contribution in [0.3, 0.4) is 0 Å². The highest BCUT2D eigenvalue weighted by Crippen LogP contribution is 2.34. The van der Waals surface area contributed by atoms with Gasteiger partial charge in [-0.05, 0) is 50.6 Å². The van der Waals surface area contributed by atoms with E-state index < -0.39 is 0 Å². The largest absolute Gasteiger partial charge is 0.370 e. The van der Waals surface area contributed by atoms with Crippen LogP contribution in [-0.4, -0.2) is 29.1 Å². The smallest absolute Gasteiger partial charge is 0.222 e. The molecule has 0 bridgehead atoms. The number of nitrogens with one attached hydrogen (secondary N) is 2. The Morgan fingerprint density at radius 2 is 2.04 bits per heavy atom. The van der Waals surface area contributed by atoms with Crippen LogP contribution in [0, 0.1) is 0 Å². The molecule has 4 N–H and O–H groups in total. The van der Waals surface area contributed by atoms with Gasteiger partial charge in [0.1, 0.15) is 5.82 Å². The standard InChI is InChI=1S/C20H27N5/c21-20-24-18-16-9-2-1-6-14(16)7-5-10-17(18)19(25-20)23-13-11-15-8-3-4-12-22-15/h1-2,6,9,15,22H,3-5,7-8,10-13H2,(H3,21,23,24,25). The molecule has 1 saturated heterocycles. The van der Waals surface area contributed by atoms with Gasteiger partial charge in [0.05, 0.1) is 5.69 Å². The Morgan fingerprint density at radius 3 is 2.92 bits per heavy atom. The van der Waals surface area contributed by atoms with Crippen molar-refractivity contribution in [1.82, 2.24) is 15.3 Å². The average molecular weight is 337 g/mol. The van der Waals surface area contributed by atoms with Gasteiger partial charge in [0.25, 0.3) is 0 Å². The first-order chi connectivity index (χ1) is 12.3. The summed E-state index contributed by atoms with van der Waals surface area (Å²) in [5, 5.41) is 7.15. The third kappa shape index (κ3) is 3.61. The molecule has 2 heterocycles. The van der Waals surface area contributed by atoms with Crippen molar-refractivity contribution < 1.29 is 0 Å². The zero-order valence-electron chi connectivity index (χ0n) is 14.7. The summed E-state index contributed by atoms with van der Waals surface area (Å²) in [6, 6.07) is 9.16. The Bertz CT molecular complexity index is 737. The van der Waals surface area contributed by atoms with E-state index in [-0.39, 0.29) is 0 Å². The zero-order chi connectivity index (χ0) is 17.1. The van der Waals surface area contributed by atoms with Gasteiger partial charge in [0, 0.05) is 23.7 Å². The summed E-state index contributed by atoms with van der Waals surface area (Å²) in [5.41, 5.74) is 10.8. The molecule has 25 heavy (non-hydrogen) atoms. The van der Waals surface area contributed by atoms with E-state index in [0.29, 0.717) is 12.0 Å². The molecule has 0 spiro atoms. The summed E-state index contributed by atoms with van der Waals surface area (Å²) in [6.07, 6.45) is 8.24. The Hall–Kier alpha value is -2.14. The molecule has 5 heteroatoms. The van der Waals surface area contributed by atoms with Gasteiger partial charge in [-0.2, -0.15) is 4.98 Å². The van der Waals surface area contributed by atoms with Gasteiger partial charge >= 0.3 is 0 Å². The summed E-state index contributed by atoms with van der Waals surface area (Å²) in [6.45, 7) is 2.07. The lowest BCUT2D eigenvalue weighted by molar-refractivity contribution is 0.389. The number of fused-ring (bicyclic) bond motifs is 3. The number of aryl methyl sites for hydroxylation is 1. The summed E-state index contributed by atoms with van der Waals surface area (Å²) >= 11 is 0. The fourth-order valence-electron chi connectivity index (χ4n) is 4.07. The number of piperidine rings is 1. The van der Waals surface area contributed by atoms with Crippen LogP contribution in [0.4, 0.5) is 11.8 Å². The van der Waals surface area contributed by atoms with Crippen molar-refractivity contribution in [2.75, 3.05) is 24.1 Å². The first kappa shape index (κ1) is 16.3. The third-order valence-electron chi connectivity index (χ3n) is 5.37. The molecule has 2 aliphatic rings. The highest BCUT2D eigenvalue weighted by atomic mass is 15.1. The van der Waals surface area contributed by atoms with Gasteiger partial charge < -0.3 is 16.4 Å². The molecule has 0 radical (unpaired) electrons. The Morgan fingerprint density at radius 1 is 1.12 bits per heavy atom. The molecule has 1 aromatic heterocycles. The monoisotopic (exact) mass is 337 g/mol. The predicted octanol–water partition coefficient (Wildman–Crippen LogP) is 3.16. The molecular formula is C20H27N5. The molecule has 1 aliphatic heterocycles. The lowest BCUT2D eigenvalue weighted by Gasteiger charge is -2.24. The van der Waals surface area contributed by atoms with Gasteiger partial charge in [-0.15, -0.1) is 0 Å². The molecule has 0 amide bonds. The number of benzene rings is 1. The van der Waals surface area contributed by atoms with E-state index in [1.165, 1.54) is 36.0 Å². The van der Waals surface area contributed by atoms with Crippen LogP contribution in [0.1, 0.15) is 43.2 Å². The zero-order valence-corrected chi connectivity index (χ0v) is 14.7. The maximum atomic E-state index is 6.03. The van der Waals surface area contributed by atoms with Gasteiger partial charge in [-0.25, -0.2) is 4.98 Å². The SMILES string of the molecule is Nc1nc(NCCC2CCCCN2)c2c(n1)-c1ccccc1CCC2. The highest BCUT2D eigenvalue weighted by molar-refractivity contribution is 5.73. The summed E-state index contributed by atoms with van der Waals surface area (Å²) in [4.78, 5) is 9.11. The molecule has 5 nitrogen and oxygen atoms in total. The van der Waals surface area contributed by atoms with Crippen LogP contribution in [-0.2, 0) is 12.8 Å². The Labute approximate surface area is 149 Å². The first-order valence-electron chi connectivity index (χ1n) is 9.53. The lowest BCUT2D eigenvalue weighted by atomic mass is 10.0. The minimum atomic E-state index is 0.355. The molecule has 1 aliphatic carbocycles. The third-order valence-corrected chi connectivity index (χ3v) is 5.37. The van der Waals surface area contributed by atoms with Crippen molar-refractivity contribution in [1.29, 1.82) is 0 Å². The molecule has 4 rings (SSSR count). The second-order valence-electron chi connectivity index (χ2n) is 7.13. The van der Waals surface area contributed by atoms with Crippen LogP contribution in [0.5, 0.6) is 0 Å². The van der Waals surface area contributed by atoms with E-state index in [0.717, 1.165) is 50.3 Å². The van der Waals surface area contributed by atoms with Crippen molar-refractivity contribution in [3.8, 4) is 11.3 Å². The maximum absolute atomic E-state index is 6.03. The lowest BCUT2D eigenvalue weighted by Crippen LogP contribution is -2.35. The van der Waals surface area contributed by atoms with Crippen molar-refractivity contribution in [3.05, 3.63) is 35.4 Å². The van der Waals surface area contributed by atoms with Crippen LogP contribution in [0.2, 0.25) is 0 Å². The second-order valence-corrected chi connectivity index (χ2v) is 7.13. The predicted molar refractivity (Wildman–Crippen MR) is 103 cm³/mol. The van der Waals surface area contributed by atoms with E-state index in [1.54, 1.807) is 0 Å². The minimum Gasteiger partial charge on any atom is -0.370 e.